The van der Waals surface area contributed by atoms with Crippen molar-refractivity contribution < 1.29 is 8.78 Å². The molecule has 0 nitrogen and oxygen atoms in total. The molecular weight excluding hydrogens is 338 g/mol. The lowest BCUT2D eigenvalue weighted by Crippen LogP contribution is -2.18. The predicted molar refractivity (Wildman–Crippen MR) is 110 cm³/mol. The zero-order valence-electron chi connectivity index (χ0n) is 16.8. The molecule has 2 heteroatoms. The number of unbranched alkanes of at least 4 members (excludes halogenated alkanes) is 1. The van der Waals surface area contributed by atoms with Gasteiger partial charge >= 0.3 is 0 Å². The Morgan fingerprint density at radius 3 is 1.89 bits per heavy atom. The highest BCUT2D eigenvalue weighted by Gasteiger charge is 2.25. The van der Waals surface area contributed by atoms with Crippen LogP contribution >= 0.6 is 0 Å². The number of allylic oxidation sites excluding steroid dienone is 1. The minimum absolute atomic E-state index is 0.419. The summed E-state index contributed by atoms with van der Waals surface area (Å²) in [5, 5.41) is 0. The SMILES string of the molecule is C=CCCCC1CCC(CCC2CCC(c3ccc(F)c(F)c3)CC2)CC1. The van der Waals surface area contributed by atoms with Gasteiger partial charge < -0.3 is 0 Å². The zero-order valence-corrected chi connectivity index (χ0v) is 16.8. The molecule has 2 aliphatic carbocycles. The summed E-state index contributed by atoms with van der Waals surface area (Å²) in [5.41, 5.74) is 0.988. The van der Waals surface area contributed by atoms with Gasteiger partial charge in [-0.2, -0.15) is 0 Å². The second kappa shape index (κ2) is 10.4. The van der Waals surface area contributed by atoms with Gasteiger partial charge in [-0.1, -0.05) is 57.1 Å². The largest absolute Gasteiger partial charge is 0.204 e. The van der Waals surface area contributed by atoms with E-state index in [4.69, 9.17) is 0 Å². The highest BCUT2D eigenvalue weighted by atomic mass is 19.2. The van der Waals surface area contributed by atoms with E-state index in [0.717, 1.165) is 36.2 Å². The number of hydrogen-bond donors (Lipinski definition) is 0. The second-order valence-corrected chi connectivity index (χ2v) is 9.07. The molecule has 2 saturated carbocycles. The van der Waals surface area contributed by atoms with Gasteiger partial charge in [-0.25, -0.2) is 8.78 Å². The topological polar surface area (TPSA) is 0 Å². The van der Waals surface area contributed by atoms with Gasteiger partial charge in [0.15, 0.2) is 11.6 Å². The molecule has 2 fully saturated rings. The Hall–Kier alpha value is -1.18. The van der Waals surface area contributed by atoms with E-state index in [-0.39, 0.29) is 0 Å². The average molecular weight is 375 g/mol. The fraction of sp³-hybridized carbons (Fsp3) is 0.680. The molecule has 3 rings (SSSR count). The predicted octanol–water partition coefficient (Wildman–Crippen LogP) is 8.18. The van der Waals surface area contributed by atoms with Crippen molar-refractivity contribution in [1.82, 2.24) is 0 Å². The number of halogens is 2. The van der Waals surface area contributed by atoms with Gasteiger partial charge in [-0.05, 0) is 79.9 Å². The number of benzene rings is 1. The highest BCUT2D eigenvalue weighted by Crippen LogP contribution is 2.40. The maximum Gasteiger partial charge on any atom is 0.159 e. The van der Waals surface area contributed by atoms with Gasteiger partial charge in [0.2, 0.25) is 0 Å². The van der Waals surface area contributed by atoms with Gasteiger partial charge in [0.05, 0.1) is 0 Å². The average Bonchev–Trinajstić information content (AvgIpc) is 2.70. The fourth-order valence-electron chi connectivity index (χ4n) is 5.38. The lowest BCUT2D eigenvalue weighted by molar-refractivity contribution is 0.223. The van der Waals surface area contributed by atoms with Crippen molar-refractivity contribution in [3.8, 4) is 0 Å². The van der Waals surface area contributed by atoms with Crippen LogP contribution in [0.1, 0.15) is 95.0 Å². The summed E-state index contributed by atoms with van der Waals surface area (Å²) in [6.07, 6.45) is 19.2. The summed E-state index contributed by atoms with van der Waals surface area (Å²) >= 11 is 0. The van der Waals surface area contributed by atoms with E-state index in [1.54, 1.807) is 6.07 Å². The molecule has 0 heterocycles. The van der Waals surface area contributed by atoms with Gasteiger partial charge in [-0.15, -0.1) is 6.58 Å². The molecule has 1 aromatic rings. The normalized spacial score (nSPS) is 28.8. The van der Waals surface area contributed by atoms with E-state index in [9.17, 15) is 8.78 Å². The van der Waals surface area contributed by atoms with Crippen LogP contribution in [0.5, 0.6) is 0 Å². The third-order valence-corrected chi connectivity index (χ3v) is 7.23. The monoisotopic (exact) mass is 374 g/mol. The Bertz CT molecular complexity index is 578. The van der Waals surface area contributed by atoms with Crippen LogP contribution in [-0.2, 0) is 0 Å². The molecule has 0 radical (unpaired) electrons. The molecule has 0 bridgehead atoms. The minimum atomic E-state index is -0.733. The Kier molecular flexibility index (Phi) is 7.91. The Balaban J connectivity index is 1.33. The van der Waals surface area contributed by atoms with E-state index in [2.05, 4.69) is 6.58 Å². The molecule has 0 spiro atoms. The highest BCUT2D eigenvalue weighted by molar-refractivity contribution is 5.22. The molecular formula is C25H36F2. The maximum atomic E-state index is 13.5. The molecule has 0 amide bonds. The Morgan fingerprint density at radius 2 is 1.33 bits per heavy atom. The Labute approximate surface area is 164 Å². The smallest absolute Gasteiger partial charge is 0.159 e. The first kappa shape index (κ1) is 20.6. The quantitative estimate of drug-likeness (QED) is 0.318. The van der Waals surface area contributed by atoms with E-state index in [0.29, 0.717) is 5.92 Å². The summed E-state index contributed by atoms with van der Waals surface area (Å²) in [7, 11) is 0. The zero-order chi connectivity index (χ0) is 19.1. The van der Waals surface area contributed by atoms with Crippen molar-refractivity contribution in [2.45, 2.75) is 89.4 Å². The molecule has 0 saturated heterocycles. The van der Waals surface area contributed by atoms with E-state index in [1.165, 1.54) is 82.8 Å². The van der Waals surface area contributed by atoms with Crippen molar-refractivity contribution in [2.24, 2.45) is 17.8 Å². The lowest BCUT2D eigenvalue weighted by atomic mass is 9.74. The van der Waals surface area contributed by atoms with E-state index < -0.39 is 11.6 Å². The molecule has 0 aliphatic heterocycles. The Morgan fingerprint density at radius 1 is 0.778 bits per heavy atom. The summed E-state index contributed by atoms with van der Waals surface area (Å²) < 4.78 is 26.6. The van der Waals surface area contributed by atoms with Gasteiger partial charge in [0.25, 0.3) is 0 Å². The molecule has 0 aromatic heterocycles. The summed E-state index contributed by atoms with van der Waals surface area (Å²) in [4.78, 5) is 0. The minimum Gasteiger partial charge on any atom is -0.204 e. The van der Waals surface area contributed by atoms with Crippen LogP contribution < -0.4 is 0 Å². The van der Waals surface area contributed by atoms with Gasteiger partial charge in [-0.3, -0.25) is 0 Å². The first-order chi connectivity index (χ1) is 13.2. The molecule has 27 heavy (non-hydrogen) atoms. The van der Waals surface area contributed by atoms with Crippen LogP contribution in [0, 0.1) is 29.4 Å². The fourth-order valence-corrected chi connectivity index (χ4v) is 5.38. The summed E-state index contributed by atoms with van der Waals surface area (Å²) in [6, 6.07) is 4.47. The van der Waals surface area contributed by atoms with E-state index in [1.807, 2.05) is 6.08 Å². The van der Waals surface area contributed by atoms with Crippen LogP contribution in [0.15, 0.2) is 30.9 Å². The third kappa shape index (κ3) is 6.16. The molecule has 0 atom stereocenters. The molecule has 0 unspecified atom stereocenters. The van der Waals surface area contributed by atoms with Crippen molar-refractivity contribution >= 4 is 0 Å². The van der Waals surface area contributed by atoms with Crippen molar-refractivity contribution in [3.05, 3.63) is 48.1 Å². The van der Waals surface area contributed by atoms with E-state index >= 15 is 0 Å². The molecule has 1 aromatic carbocycles. The first-order valence-electron chi connectivity index (χ1n) is 11.2. The van der Waals surface area contributed by atoms with Crippen molar-refractivity contribution in [1.29, 1.82) is 0 Å². The van der Waals surface area contributed by atoms with Crippen LogP contribution in [0.3, 0.4) is 0 Å². The standard InChI is InChI=1S/C25H36F2/c1-2-3-4-5-19-6-8-20(9-7-19)10-11-21-12-14-22(15-13-21)23-16-17-24(26)25(27)18-23/h2,16-22H,1,3-15H2. The van der Waals surface area contributed by atoms with Crippen LogP contribution in [0.2, 0.25) is 0 Å². The second-order valence-electron chi connectivity index (χ2n) is 9.07. The molecule has 2 aliphatic rings. The van der Waals surface area contributed by atoms with Crippen LogP contribution in [0.4, 0.5) is 8.78 Å². The maximum absolute atomic E-state index is 13.5. The van der Waals surface area contributed by atoms with Gasteiger partial charge in [0, 0.05) is 0 Å². The summed E-state index contributed by atoms with van der Waals surface area (Å²) in [5.74, 6) is 1.74. The first-order valence-corrected chi connectivity index (χ1v) is 11.2. The lowest BCUT2D eigenvalue weighted by Gasteiger charge is -2.32. The number of rotatable bonds is 8. The summed E-state index contributed by atoms with van der Waals surface area (Å²) in [6.45, 7) is 3.82. The number of hydrogen-bond acceptors (Lipinski definition) is 0. The van der Waals surface area contributed by atoms with Crippen LogP contribution in [0.25, 0.3) is 0 Å². The van der Waals surface area contributed by atoms with Crippen LogP contribution in [-0.4, -0.2) is 0 Å². The molecule has 0 N–H and O–H groups in total. The van der Waals surface area contributed by atoms with Crippen molar-refractivity contribution in [2.75, 3.05) is 0 Å². The van der Waals surface area contributed by atoms with Crippen molar-refractivity contribution in [3.63, 3.8) is 0 Å². The third-order valence-electron chi connectivity index (χ3n) is 7.23. The molecule has 150 valence electrons. The van der Waals surface area contributed by atoms with Gasteiger partial charge in [0.1, 0.15) is 0 Å².